The number of aliphatic hydroxyl groups excluding tert-OH is 2. The number of aliphatic hydroxyl groups is 2. The van der Waals surface area contributed by atoms with E-state index >= 15 is 0 Å². The van der Waals surface area contributed by atoms with Crippen LogP contribution in [0, 0.1) is 0 Å². The molecule has 2 aromatic heterocycles. The van der Waals surface area contributed by atoms with E-state index in [1.54, 1.807) is 0 Å². The van der Waals surface area contributed by atoms with Crippen molar-refractivity contribution in [1.29, 1.82) is 0 Å². The molecule has 9 nitrogen and oxygen atoms in total. The number of H-pyrrole nitrogens is 1. The molecule has 1 fully saturated rings. The lowest BCUT2D eigenvalue weighted by Crippen LogP contribution is -2.24. The molecule has 4 atom stereocenters. The Kier molecular flexibility index (Phi) is 2.47. The zero-order valence-electron chi connectivity index (χ0n) is 10.7. The van der Waals surface area contributed by atoms with E-state index in [1.165, 1.54) is 10.9 Å². The topological polar surface area (TPSA) is 139 Å². The van der Waals surface area contributed by atoms with Gasteiger partial charge in [0.1, 0.15) is 12.3 Å². The van der Waals surface area contributed by atoms with Gasteiger partial charge in [0.25, 0.3) is 5.56 Å². The van der Waals surface area contributed by atoms with E-state index < -0.39 is 37.0 Å². The molecule has 0 unspecified atom stereocenters. The number of aromatic nitrogens is 4. The maximum Gasteiger partial charge on any atom is 0.280 e. The van der Waals surface area contributed by atoms with Gasteiger partial charge in [-0.1, -0.05) is 0 Å². The maximum absolute atomic E-state index is 11.7. The Morgan fingerprint density at radius 2 is 2.53 bits per heavy atom. The molecular formula is C10H13N5O4. The highest BCUT2D eigenvalue weighted by Crippen LogP contribution is 2.30. The van der Waals surface area contributed by atoms with E-state index in [9.17, 15) is 9.90 Å². The average Bonchev–Trinajstić information content (AvgIpc) is 2.93. The molecule has 1 aliphatic rings. The van der Waals surface area contributed by atoms with E-state index in [0.29, 0.717) is 0 Å². The number of nitrogen functional groups attached to an aromatic ring is 1. The van der Waals surface area contributed by atoms with Gasteiger partial charge in [-0.25, -0.2) is 4.98 Å². The van der Waals surface area contributed by atoms with Crippen LogP contribution in [0.25, 0.3) is 11.2 Å². The number of ether oxygens (including phenoxy) is 1. The molecule has 0 aliphatic carbocycles. The summed E-state index contributed by atoms with van der Waals surface area (Å²) in [6.07, 6.45) is -2.64. The normalized spacial score (nSPS) is 31.8. The summed E-state index contributed by atoms with van der Waals surface area (Å²) in [6, 6.07) is 0. The van der Waals surface area contributed by atoms with Crippen LogP contribution in [0.5, 0.6) is 0 Å². The molecule has 3 rings (SSSR count). The Morgan fingerprint density at radius 3 is 3.21 bits per heavy atom. The highest BCUT2D eigenvalue weighted by molar-refractivity contribution is 5.70. The van der Waals surface area contributed by atoms with Crippen molar-refractivity contribution in [2.75, 3.05) is 12.3 Å². The van der Waals surface area contributed by atoms with Crippen molar-refractivity contribution < 1.29 is 16.3 Å². The van der Waals surface area contributed by atoms with Gasteiger partial charge in [0.2, 0.25) is 5.95 Å². The van der Waals surface area contributed by atoms with Crippen LogP contribution in [-0.2, 0) is 4.74 Å². The van der Waals surface area contributed by atoms with Crippen LogP contribution < -0.4 is 11.3 Å². The zero-order valence-corrected chi connectivity index (χ0v) is 9.72. The SMILES string of the molecule is [2H][C@@H]1[C@H](O)[C@@H](CO)O[C@H]1n1cnc2c(=O)[nH]c(N)nc21. The maximum atomic E-state index is 11.7. The van der Waals surface area contributed by atoms with E-state index in [4.69, 9.17) is 16.9 Å². The zero-order chi connectivity index (χ0) is 14.4. The summed E-state index contributed by atoms with van der Waals surface area (Å²) in [5.74, 6) is -0.0805. The first-order chi connectivity index (χ1) is 9.52. The standard InChI is InChI=1S/C10H13N5O4/c11-10-13-8-7(9(18)14-10)12-3-15(8)6-1-4(17)5(2-16)19-6/h3-6,16-17H,1-2H2,(H3,11,13,14,18)/t4-,5+,6+/m0/s1/i1D/t1-,4+,5-,6-/m1. The fourth-order valence-corrected chi connectivity index (χ4v) is 2.04. The smallest absolute Gasteiger partial charge is 0.280 e. The molecule has 0 radical (unpaired) electrons. The minimum absolute atomic E-state index is 0.0666. The van der Waals surface area contributed by atoms with Crippen LogP contribution in [0.1, 0.15) is 14.0 Å². The number of aromatic amines is 1. The highest BCUT2D eigenvalue weighted by atomic mass is 16.5. The lowest BCUT2D eigenvalue weighted by molar-refractivity contribution is -0.0432. The molecular weight excluding hydrogens is 254 g/mol. The molecule has 5 N–H and O–H groups in total. The lowest BCUT2D eigenvalue weighted by Gasteiger charge is -2.13. The molecule has 3 heterocycles. The lowest BCUT2D eigenvalue weighted by atomic mass is 10.2. The first-order valence-corrected chi connectivity index (χ1v) is 5.62. The van der Waals surface area contributed by atoms with Gasteiger partial charge in [-0.2, -0.15) is 4.98 Å². The average molecular weight is 268 g/mol. The largest absolute Gasteiger partial charge is 0.394 e. The Morgan fingerprint density at radius 1 is 1.74 bits per heavy atom. The molecule has 0 spiro atoms. The number of hydrogen-bond acceptors (Lipinski definition) is 7. The van der Waals surface area contributed by atoms with Gasteiger partial charge >= 0.3 is 0 Å². The predicted molar refractivity (Wildman–Crippen MR) is 64.2 cm³/mol. The minimum Gasteiger partial charge on any atom is -0.394 e. The van der Waals surface area contributed by atoms with Gasteiger partial charge in [-0.3, -0.25) is 14.3 Å². The molecule has 0 bridgehead atoms. The van der Waals surface area contributed by atoms with Crippen molar-refractivity contribution in [3.05, 3.63) is 16.7 Å². The molecule has 102 valence electrons. The van der Waals surface area contributed by atoms with Gasteiger partial charge in [0.05, 0.1) is 19.0 Å². The van der Waals surface area contributed by atoms with Crippen molar-refractivity contribution in [3.8, 4) is 0 Å². The van der Waals surface area contributed by atoms with Crippen LogP contribution >= 0.6 is 0 Å². The highest BCUT2D eigenvalue weighted by Gasteiger charge is 2.35. The number of anilines is 1. The van der Waals surface area contributed by atoms with Crippen LogP contribution in [0.2, 0.25) is 0 Å². The van der Waals surface area contributed by atoms with Gasteiger partial charge in [0.15, 0.2) is 11.2 Å². The minimum atomic E-state index is -1.14. The summed E-state index contributed by atoms with van der Waals surface area (Å²) in [7, 11) is 0. The first-order valence-electron chi connectivity index (χ1n) is 6.19. The summed E-state index contributed by atoms with van der Waals surface area (Å²) in [5.41, 5.74) is 5.22. The van der Waals surface area contributed by atoms with E-state index in [1.807, 2.05) is 0 Å². The molecule has 0 aromatic carbocycles. The third-order valence-electron chi connectivity index (χ3n) is 2.96. The number of nitrogens with two attached hydrogens (primary N) is 1. The summed E-state index contributed by atoms with van der Waals surface area (Å²) < 4.78 is 14.7. The van der Waals surface area contributed by atoms with Gasteiger partial charge < -0.3 is 20.7 Å². The molecule has 2 aromatic rings. The fourth-order valence-electron chi connectivity index (χ4n) is 2.04. The molecule has 1 saturated heterocycles. The Balaban J connectivity index is 2.09. The fraction of sp³-hybridized carbons (Fsp3) is 0.500. The molecule has 0 saturated carbocycles. The molecule has 0 amide bonds. The van der Waals surface area contributed by atoms with E-state index in [0.717, 1.165) is 0 Å². The van der Waals surface area contributed by atoms with Crippen LogP contribution in [0.15, 0.2) is 11.1 Å². The number of rotatable bonds is 2. The second-order valence-corrected chi connectivity index (χ2v) is 4.21. The predicted octanol–water partition coefficient (Wildman–Crippen LogP) is -1.66. The van der Waals surface area contributed by atoms with Crippen LogP contribution in [-0.4, -0.2) is 48.5 Å². The van der Waals surface area contributed by atoms with Crippen molar-refractivity contribution in [2.24, 2.45) is 0 Å². The Labute approximate surface area is 108 Å². The number of imidazole rings is 1. The van der Waals surface area contributed by atoms with Gasteiger partial charge in [-0.05, 0) is 0 Å². The van der Waals surface area contributed by atoms with Crippen molar-refractivity contribution >= 4 is 17.1 Å². The van der Waals surface area contributed by atoms with Crippen molar-refractivity contribution in [2.45, 2.75) is 24.8 Å². The van der Waals surface area contributed by atoms with Gasteiger partial charge in [0, 0.05) is 7.77 Å². The van der Waals surface area contributed by atoms with Crippen molar-refractivity contribution in [1.82, 2.24) is 19.5 Å². The third-order valence-corrected chi connectivity index (χ3v) is 2.96. The first kappa shape index (κ1) is 10.9. The second kappa shape index (κ2) is 4.30. The Hall–Kier alpha value is -1.97. The van der Waals surface area contributed by atoms with Crippen LogP contribution in [0.3, 0.4) is 0 Å². The van der Waals surface area contributed by atoms with Crippen LogP contribution in [0.4, 0.5) is 5.95 Å². The number of fused-ring (bicyclic) bond motifs is 1. The summed E-state index contributed by atoms with van der Waals surface area (Å²) >= 11 is 0. The summed E-state index contributed by atoms with van der Waals surface area (Å²) in [4.78, 5) is 21.9. The Bertz CT molecular complexity index is 701. The van der Waals surface area contributed by atoms with E-state index in [2.05, 4.69) is 15.0 Å². The summed E-state index contributed by atoms with van der Waals surface area (Å²) in [6.45, 7) is -0.407. The van der Waals surface area contributed by atoms with E-state index in [-0.39, 0.29) is 17.1 Å². The molecule has 9 heteroatoms. The molecule has 1 aliphatic heterocycles. The summed E-state index contributed by atoms with van der Waals surface area (Å²) in [5, 5.41) is 18.9. The number of hydrogen-bond donors (Lipinski definition) is 4. The quantitative estimate of drug-likeness (QED) is 0.511. The van der Waals surface area contributed by atoms with Crippen molar-refractivity contribution in [3.63, 3.8) is 0 Å². The third kappa shape index (κ3) is 1.87. The van der Waals surface area contributed by atoms with Gasteiger partial charge in [-0.15, -0.1) is 0 Å². The number of nitrogens with zero attached hydrogens (tertiary/aromatic N) is 3. The second-order valence-electron chi connectivity index (χ2n) is 4.21. The number of nitrogens with one attached hydrogen (secondary N) is 1. The molecule has 19 heavy (non-hydrogen) atoms. The monoisotopic (exact) mass is 268 g/mol.